The van der Waals surface area contributed by atoms with E-state index in [1.54, 1.807) is 36.7 Å². The molecule has 5 rings (SSSR count). The van der Waals surface area contributed by atoms with Gasteiger partial charge in [-0.2, -0.15) is 15.1 Å². The Kier molecular flexibility index (Phi) is 7.15. The third-order valence-electron chi connectivity index (χ3n) is 5.24. The molecule has 0 saturated heterocycles. The Morgan fingerprint density at radius 3 is 2.64 bits per heavy atom. The Hall–Kier alpha value is -3.89. The van der Waals surface area contributed by atoms with Gasteiger partial charge in [-0.05, 0) is 59.1 Å². The smallest absolute Gasteiger partial charge is 0.283 e. The van der Waals surface area contributed by atoms with Gasteiger partial charge in [0.05, 0.1) is 30.8 Å². The molecule has 3 aromatic rings. The number of carbonyl (C=O) groups is 1. The average Bonchev–Trinajstić information content (AvgIpc) is 3.58. The lowest BCUT2D eigenvalue weighted by molar-refractivity contribution is -0.114. The normalized spacial score (nSPS) is 16.0. The van der Waals surface area contributed by atoms with E-state index in [0.717, 1.165) is 15.7 Å². The SMILES string of the molecule is COc1cc(C=C2C(=N)N3N=C(c4cccs4)SC3=NC2=O)ccc1OCCCOc1ccccc1. The number of amidine groups is 2. The number of hydrogen-bond donors (Lipinski definition) is 1. The molecule has 8 nitrogen and oxygen atoms in total. The number of hydrazone groups is 1. The predicted molar refractivity (Wildman–Crippen MR) is 143 cm³/mol. The first-order valence-corrected chi connectivity index (χ1v) is 12.8. The maximum absolute atomic E-state index is 12.7. The van der Waals surface area contributed by atoms with Gasteiger partial charge in [0.25, 0.3) is 5.91 Å². The zero-order chi connectivity index (χ0) is 24.9. The molecule has 0 bridgehead atoms. The zero-order valence-corrected chi connectivity index (χ0v) is 21.0. The van der Waals surface area contributed by atoms with Crippen LogP contribution in [0.3, 0.4) is 0 Å². The lowest BCUT2D eigenvalue weighted by Crippen LogP contribution is -2.35. The molecule has 0 fully saturated rings. The number of benzene rings is 2. The number of hydrogen-bond acceptors (Lipinski definition) is 8. The molecule has 2 aliphatic heterocycles. The molecule has 2 aliphatic rings. The van der Waals surface area contributed by atoms with Crippen molar-refractivity contribution in [2.24, 2.45) is 10.1 Å². The van der Waals surface area contributed by atoms with Crippen LogP contribution in [0.25, 0.3) is 6.08 Å². The number of para-hydroxylation sites is 1. The quantitative estimate of drug-likeness (QED) is 0.306. The van der Waals surface area contributed by atoms with Crippen LogP contribution in [0.5, 0.6) is 17.2 Å². The van der Waals surface area contributed by atoms with Crippen molar-refractivity contribution < 1.29 is 19.0 Å². The van der Waals surface area contributed by atoms with Gasteiger partial charge in [-0.1, -0.05) is 30.3 Å². The summed E-state index contributed by atoms with van der Waals surface area (Å²) in [4.78, 5) is 17.8. The molecule has 1 amide bonds. The second-order valence-electron chi connectivity index (χ2n) is 7.68. The first-order valence-electron chi connectivity index (χ1n) is 11.1. The van der Waals surface area contributed by atoms with Gasteiger partial charge in [-0.3, -0.25) is 10.2 Å². The number of thiophene rings is 1. The third kappa shape index (κ3) is 5.19. The number of nitrogens with zero attached hydrogens (tertiary/aromatic N) is 3. The summed E-state index contributed by atoms with van der Waals surface area (Å²) in [6.45, 7) is 0.996. The highest BCUT2D eigenvalue weighted by atomic mass is 32.2. The third-order valence-corrected chi connectivity index (χ3v) is 7.19. The summed E-state index contributed by atoms with van der Waals surface area (Å²) in [5.41, 5.74) is 0.844. The number of nitrogens with one attached hydrogen (secondary N) is 1. The number of methoxy groups -OCH3 is 1. The molecule has 0 radical (unpaired) electrons. The van der Waals surface area contributed by atoms with Crippen molar-refractivity contribution in [3.63, 3.8) is 0 Å². The Morgan fingerprint density at radius 1 is 1.03 bits per heavy atom. The van der Waals surface area contributed by atoms with Gasteiger partial charge < -0.3 is 14.2 Å². The summed E-state index contributed by atoms with van der Waals surface area (Å²) in [7, 11) is 1.56. The highest BCUT2D eigenvalue weighted by Gasteiger charge is 2.36. The van der Waals surface area contributed by atoms with E-state index < -0.39 is 5.91 Å². The second kappa shape index (κ2) is 10.8. The number of rotatable bonds is 9. The van der Waals surface area contributed by atoms with Gasteiger partial charge in [0.1, 0.15) is 10.8 Å². The van der Waals surface area contributed by atoms with Crippen LogP contribution in [0.1, 0.15) is 16.9 Å². The fraction of sp³-hybridized carbons (Fsp3) is 0.154. The lowest BCUT2D eigenvalue weighted by Gasteiger charge is -2.20. The van der Waals surface area contributed by atoms with Crippen LogP contribution in [0, 0.1) is 5.41 Å². The van der Waals surface area contributed by atoms with Crippen molar-refractivity contribution >= 4 is 51.1 Å². The minimum Gasteiger partial charge on any atom is -0.493 e. The highest BCUT2D eigenvalue weighted by molar-refractivity contribution is 8.27. The molecule has 0 saturated carbocycles. The van der Waals surface area contributed by atoms with E-state index in [4.69, 9.17) is 19.6 Å². The minimum absolute atomic E-state index is 0.0123. The van der Waals surface area contributed by atoms with Crippen LogP contribution < -0.4 is 14.2 Å². The summed E-state index contributed by atoms with van der Waals surface area (Å²) in [6.07, 6.45) is 2.33. The number of ether oxygens (including phenoxy) is 3. The van der Waals surface area contributed by atoms with Crippen LogP contribution in [-0.4, -0.2) is 47.3 Å². The molecule has 10 heteroatoms. The van der Waals surface area contributed by atoms with Crippen molar-refractivity contribution in [1.29, 1.82) is 5.41 Å². The Morgan fingerprint density at radius 2 is 1.86 bits per heavy atom. The van der Waals surface area contributed by atoms with E-state index in [0.29, 0.717) is 41.9 Å². The van der Waals surface area contributed by atoms with Gasteiger partial charge in [0, 0.05) is 6.42 Å². The average molecular weight is 519 g/mol. The molecule has 182 valence electrons. The molecule has 2 aromatic carbocycles. The van der Waals surface area contributed by atoms with Crippen LogP contribution in [0.4, 0.5) is 0 Å². The molecule has 0 atom stereocenters. The van der Waals surface area contributed by atoms with E-state index in [1.807, 2.05) is 53.9 Å². The molecule has 0 unspecified atom stereocenters. The van der Waals surface area contributed by atoms with Crippen LogP contribution in [-0.2, 0) is 4.79 Å². The predicted octanol–water partition coefficient (Wildman–Crippen LogP) is 5.27. The van der Waals surface area contributed by atoms with Crippen LogP contribution in [0.15, 0.2) is 81.7 Å². The molecular formula is C26H22N4O4S2. The van der Waals surface area contributed by atoms with Gasteiger partial charge in [-0.15, -0.1) is 11.3 Å². The highest BCUT2D eigenvalue weighted by Crippen LogP contribution is 2.33. The first kappa shape index (κ1) is 23.8. The lowest BCUT2D eigenvalue weighted by atomic mass is 10.1. The molecule has 0 spiro atoms. The molecule has 36 heavy (non-hydrogen) atoms. The van der Waals surface area contributed by atoms with Crippen LogP contribution >= 0.6 is 23.1 Å². The van der Waals surface area contributed by atoms with Crippen molar-refractivity contribution in [2.45, 2.75) is 6.42 Å². The van der Waals surface area contributed by atoms with E-state index in [9.17, 15) is 4.79 Å². The first-order chi connectivity index (χ1) is 17.6. The second-order valence-corrected chi connectivity index (χ2v) is 9.58. The summed E-state index contributed by atoms with van der Waals surface area (Å²) >= 11 is 2.84. The van der Waals surface area contributed by atoms with Gasteiger partial charge >= 0.3 is 0 Å². The Balaban J connectivity index is 1.25. The number of amides is 1. The monoisotopic (exact) mass is 518 g/mol. The van der Waals surface area contributed by atoms with Gasteiger partial charge in [0.2, 0.25) is 5.17 Å². The molecule has 0 aliphatic carbocycles. The van der Waals surface area contributed by atoms with E-state index in [-0.39, 0.29) is 11.4 Å². The molecule has 1 aromatic heterocycles. The van der Waals surface area contributed by atoms with Crippen LogP contribution in [0.2, 0.25) is 0 Å². The fourth-order valence-corrected chi connectivity index (χ4v) is 5.18. The van der Waals surface area contributed by atoms with Gasteiger partial charge in [-0.25, -0.2) is 0 Å². The van der Waals surface area contributed by atoms with E-state index in [1.165, 1.54) is 16.8 Å². The van der Waals surface area contributed by atoms with Crippen molar-refractivity contribution in [3.05, 3.63) is 82.1 Å². The fourth-order valence-electron chi connectivity index (χ4n) is 3.50. The van der Waals surface area contributed by atoms with Gasteiger partial charge in [0.15, 0.2) is 17.3 Å². The zero-order valence-electron chi connectivity index (χ0n) is 19.3. The summed E-state index contributed by atoms with van der Waals surface area (Å²) in [5, 5.41) is 17.5. The van der Waals surface area contributed by atoms with Crippen molar-refractivity contribution in [1.82, 2.24) is 5.01 Å². The van der Waals surface area contributed by atoms with Crippen molar-refractivity contribution in [2.75, 3.05) is 20.3 Å². The number of fused-ring (bicyclic) bond motifs is 1. The van der Waals surface area contributed by atoms with E-state index in [2.05, 4.69) is 10.1 Å². The molecule has 1 N–H and O–H groups in total. The number of carbonyl (C=O) groups excluding carboxylic acids is 1. The Labute approximate surface area is 216 Å². The Bertz CT molecular complexity index is 1370. The summed E-state index contributed by atoms with van der Waals surface area (Å²) in [6, 6.07) is 18.9. The summed E-state index contributed by atoms with van der Waals surface area (Å²) in [5.74, 6) is 1.46. The minimum atomic E-state index is -0.473. The van der Waals surface area contributed by atoms with E-state index >= 15 is 0 Å². The maximum Gasteiger partial charge on any atom is 0.283 e. The number of aliphatic imine (C=N–C) groups is 1. The standard InChI is InChI=1S/C26H22N4O4S2/c1-32-21-16-17(10-11-20(21)34-13-6-12-33-18-7-3-2-4-8-18)15-19-23(27)30-26(28-24(19)31)36-25(29-30)22-9-5-14-35-22/h2-5,7-11,14-16,27H,6,12-13H2,1H3. The molecule has 3 heterocycles. The molecular weight excluding hydrogens is 496 g/mol. The summed E-state index contributed by atoms with van der Waals surface area (Å²) < 4.78 is 17.1. The maximum atomic E-state index is 12.7. The van der Waals surface area contributed by atoms with Crippen molar-refractivity contribution in [3.8, 4) is 17.2 Å². The number of thioether (sulfide) groups is 1. The topological polar surface area (TPSA) is 96.6 Å². The largest absolute Gasteiger partial charge is 0.493 e.